The number of carbonyl (C=O) groups is 1. The zero-order valence-corrected chi connectivity index (χ0v) is 16.1. The lowest BCUT2D eigenvalue weighted by atomic mass is 10.1. The Morgan fingerprint density at radius 3 is 2.48 bits per heavy atom. The lowest BCUT2D eigenvalue weighted by Crippen LogP contribution is -2.17. The molecule has 1 aliphatic carbocycles. The standard InChI is InChI=1S/C15H11F6N4O2S2/c1-6-10(7-3-2-4-8(7)23-11(6)14(16,17)18)24-13(26)25-29(27)9-5-22-12(28-9)15(19,20)21/h5H,2-4H2,1H3,(H,23,24,26)/q-1. The summed E-state index contributed by atoms with van der Waals surface area (Å²) < 4.78 is 92.2. The molecule has 0 fully saturated rings. The van der Waals surface area contributed by atoms with Crippen LogP contribution in [0.1, 0.15) is 33.9 Å². The number of fused-ring (bicyclic) bond motifs is 1. The molecule has 0 unspecified atom stereocenters. The van der Waals surface area contributed by atoms with Crippen LogP contribution in [0.3, 0.4) is 0 Å². The van der Waals surface area contributed by atoms with Gasteiger partial charge in [0.2, 0.25) is 0 Å². The first kappa shape index (κ1) is 21.5. The second-order valence-electron chi connectivity index (χ2n) is 5.99. The summed E-state index contributed by atoms with van der Waals surface area (Å²) in [5.41, 5.74) is -0.944. The van der Waals surface area contributed by atoms with E-state index in [4.69, 9.17) is 0 Å². The average molecular weight is 457 g/mol. The first-order chi connectivity index (χ1) is 13.4. The minimum absolute atomic E-state index is 0.0565. The van der Waals surface area contributed by atoms with Crippen molar-refractivity contribution < 1.29 is 35.3 Å². The monoisotopic (exact) mass is 457 g/mol. The van der Waals surface area contributed by atoms with E-state index in [0.717, 1.165) is 6.92 Å². The fourth-order valence-corrected chi connectivity index (χ4v) is 4.43. The van der Waals surface area contributed by atoms with E-state index in [1.54, 1.807) is 0 Å². The van der Waals surface area contributed by atoms with Gasteiger partial charge in [-0.2, -0.15) is 26.3 Å². The van der Waals surface area contributed by atoms with Crippen LogP contribution in [0.4, 0.5) is 36.8 Å². The molecule has 2 aromatic rings. The number of hydrogen-bond acceptors (Lipinski definition) is 6. The Morgan fingerprint density at radius 2 is 1.90 bits per heavy atom. The highest BCUT2D eigenvalue weighted by molar-refractivity contribution is 7.78. The van der Waals surface area contributed by atoms with E-state index in [1.807, 2.05) is 0 Å². The maximum absolute atomic E-state index is 13.2. The summed E-state index contributed by atoms with van der Waals surface area (Å²) >= 11 is 0.0565. The van der Waals surface area contributed by atoms with E-state index in [2.05, 4.69) is 19.6 Å². The molecule has 0 aliphatic heterocycles. The first-order valence-corrected chi connectivity index (χ1v) is 9.87. The van der Waals surface area contributed by atoms with Gasteiger partial charge in [0.1, 0.15) is 5.69 Å². The van der Waals surface area contributed by atoms with Gasteiger partial charge in [0, 0.05) is 17.5 Å². The number of rotatable bonds is 2. The van der Waals surface area contributed by atoms with Crippen molar-refractivity contribution in [2.24, 2.45) is 4.36 Å². The molecule has 1 N–H and O–H groups in total. The number of anilines is 1. The fraction of sp³-hybridized carbons (Fsp3) is 0.400. The number of amides is 2. The number of nitrogens with one attached hydrogen (secondary N) is 1. The summed E-state index contributed by atoms with van der Waals surface area (Å²) in [6.07, 6.45) is -7.54. The van der Waals surface area contributed by atoms with Gasteiger partial charge in [-0.3, -0.25) is 0 Å². The highest BCUT2D eigenvalue weighted by Crippen LogP contribution is 2.39. The van der Waals surface area contributed by atoms with Gasteiger partial charge in [-0.05, 0) is 36.0 Å². The zero-order chi connectivity index (χ0) is 21.6. The highest BCUT2D eigenvalue weighted by Gasteiger charge is 2.38. The van der Waals surface area contributed by atoms with Crippen molar-refractivity contribution in [3.63, 3.8) is 0 Å². The summed E-state index contributed by atoms with van der Waals surface area (Å²) in [7, 11) is -2.50. The van der Waals surface area contributed by atoms with Crippen LogP contribution in [-0.4, -0.2) is 16.0 Å². The van der Waals surface area contributed by atoms with Crippen molar-refractivity contribution in [2.45, 2.75) is 42.7 Å². The van der Waals surface area contributed by atoms with Crippen LogP contribution in [-0.2, 0) is 40.0 Å². The fourth-order valence-electron chi connectivity index (χ4n) is 2.85. The predicted molar refractivity (Wildman–Crippen MR) is 90.9 cm³/mol. The molecule has 2 amide bonds. The first-order valence-electron chi connectivity index (χ1n) is 7.95. The SMILES string of the molecule is Cc1c(C(F)(F)F)nc2c(c1NC(=O)N=[S-](=O)c1cnc(C(F)(F)F)s1)CCC2. The maximum Gasteiger partial charge on any atom is 0.443 e. The third-order valence-corrected chi connectivity index (χ3v) is 6.33. The summed E-state index contributed by atoms with van der Waals surface area (Å²) in [6, 6.07) is -1.25. The quantitative estimate of drug-likeness (QED) is 0.502. The minimum Gasteiger partial charge on any atom is -0.439 e. The van der Waals surface area contributed by atoms with Crippen LogP contribution in [0.15, 0.2) is 14.8 Å². The number of alkyl halides is 6. The Morgan fingerprint density at radius 1 is 1.21 bits per heavy atom. The molecular weight excluding hydrogens is 446 g/mol. The molecule has 6 nitrogen and oxygen atoms in total. The molecule has 0 bridgehead atoms. The Bertz CT molecular complexity index is 1050. The molecular formula is C15H11F6N4O2S2-. The third-order valence-electron chi connectivity index (χ3n) is 4.03. The number of carbonyl (C=O) groups excluding carboxylic acids is 1. The van der Waals surface area contributed by atoms with E-state index >= 15 is 0 Å². The van der Waals surface area contributed by atoms with E-state index in [-0.39, 0.29) is 28.3 Å². The van der Waals surface area contributed by atoms with Crippen LogP contribution < -0.4 is 5.32 Å². The normalized spacial score (nSPS) is 15.4. The molecule has 14 heteroatoms. The van der Waals surface area contributed by atoms with Crippen molar-refractivity contribution in [3.8, 4) is 0 Å². The van der Waals surface area contributed by atoms with E-state index < -0.39 is 43.9 Å². The molecule has 0 radical (unpaired) electrons. The summed E-state index contributed by atoms with van der Waals surface area (Å²) in [5.74, 6) is 0. The summed E-state index contributed by atoms with van der Waals surface area (Å²) in [4.78, 5) is 18.8. The van der Waals surface area contributed by atoms with Gasteiger partial charge in [-0.1, -0.05) is 0 Å². The van der Waals surface area contributed by atoms with Gasteiger partial charge >= 0.3 is 18.4 Å². The lowest BCUT2D eigenvalue weighted by molar-refractivity contribution is -0.141. The van der Waals surface area contributed by atoms with Crippen molar-refractivity contribution in [1.29, 1.82) is 0 Å². The number of halogens is 6. The van der Waals surface area contributed by atoms with Crippen LogP contribution in [0.25, 0.3) is 0 Å². The third kappa shape index (κ3) is 4.52. The zero-order valence-electron chi connectivity index (χ0n) is 14.4. The van der Waals surface area contributed by atoms with Crippen molar-refractivity contribution in [2.75, 3.05) is 5.32 Å². The number of hydrogen-bond donors (Lipinski definition) is 1. The Labute approximate surface area is 165 Å². The highest BCUT2D eigenvalue weighted by atomic mass is 32.2. The predicted octanol–water partition coefficient (Wildman–Crippen LogP) is 5.11. The second kappa shape index (κ2) is 7.55. The number of nitrogens with zero attached hydrogens (tertiary/aromatic N) is 3. The van der Waals surface area contributed by atoms with Gasteiger partial charge < -0.3 is 13.9 Å². The van der Waals surface area contributed by atoms with Gasteiger partial charge in [-0.15, -0.1) is 21.9 Å². The number of pyridine rings is 1. The molecule has 0 atom stereocenters. The molecule has 29 heavy (non-hydrogen) atoms. The number of urea groups is 1. The van der Waals surface area contributed by atoms with Gasteiger partial charge in [-0.25, -0.2) is 14.8 Å². The Hall–Kier alpha value is -2.22. The summed E-state index contributed by atoms with van der Waals surface area (Å²) in [5, 5.41) is 0.929. The molecule has 3 rings (SSSR count). The molecule has 0 saturated carbocycles. The van der Waals surface area contributed by atoms with Crippen molar-refractivity contribution >= 4 is 33.7 Å². The second-order valence-corrected chi connectivity index (χ2v) is 8.40. The smallest absolute Gasteiger partial charge is 0.439 e. The molecule has 1 aliphatic rings. The maximum atomic E-state index is 13.2. The number of aromatic nitrogens is 2. The van der Waals surface area contributed by atoms with Gasteiger partial charge in [0.05, 0.1) is 5.69 Å². The molecule has 2 aromatic heterocycles. The topological polar surface area (TPSA) is 84.3 Å². The number of thiazole rings is 1. The van der Waals surface area contributed by atoms with Gasteiger partial charge in [0.15, 0.2) is 5.01 Å². The largest absolute Gasteiger partial charge is 0.443 e. The van der Waals surface area contributed by atoms with Crippen LogP contribution in [0.5, 0.6) is 0 Å². The van der Waals surface area contributed by atoms with Crippen LogP contribution in [0, 0.1) is 6.92 Å². The van der Waals surface area contributed by atoms with Crippen LogP contribution in [0.2, 0.25) is 0 Å². The van der Waals surface area contributed by atoms with E-state index in [9.17, 15) is 35.3 Å². The Balaban J connectivity index is 1.91. The summed E-state index contributed by atoms with van der Waals surface area (Å²) in [6.45, 7) is 1.14. The average Bonchev–Trinajstić information content (AvgIpc) is 3.24. The molecule has 0 spiro atoms. The van der Waals surface area contributed by atoms with Gasteiger partial charge in [0.25, 0.3) is 0 Å². The molecule has 158 valence electrons. The van der Waals surface area contributed by atoms with Crippen molar-refractivity contribution in [3.05, 3.63) is 33.7 Å². The minimum atomic E-state index is -4.74. The van der Waals surface area contributed by atoms with Crippen LogP contribution >= 0.6 is 11.3 Å². The Kier molecular flexibility index (Phi) is 5.60. The van der Waals surface area contributed by atoms with E-state index in [0.29, 0.717) is 31.0 Å². The molecule has 2 heterocycles. The van der Waals surface area contributed by atoms with Crippen molar-refractivity contribution in [1.82, 2.24) is 9.97 Å². The van der Waals surface area contributed by atoms with E-state index in [1.165, 1.54) is 0 Å². The molecule has 0 aromatic carbocycles. The lowest BCUT2D eigenvalue weighted by Gasteiger charge is -2.17. The molecule has 0 saturated heterocycles. The number of aryl methyl sites for hydroxylation is 1.